The zero-order chi connectivity index (χ0) is 20.3. The van der Waals surface area contributed by atoms with E-state index < -0.39 is 20.6 Å². The Morgan fingerprint density at radius 1 is 0.962 bits per heavy atom. The van der Waals surface area contributed by atoms with Gasteiger partial charge in [0, 0.05) is 0 Å². The maximum absolute atomic E-state index is 11.4. The van der Waals surface area contributed by atoms with Crippen LogP contribution in [0, 0.1) is 27.7 Å². The summed E-state index contributed by atoms with van der Waals surface area (Å²) in [5.74, 6) is 4.73. The summed E-state index contributed by atoms with van der Waals surface area (Å²) in [6.45, 7) is 7.41. The number of aryl methyl sites for hydroxylation is 4. The highest BCUT2D eigenvalue weighted by molar-refractivity contribution is 7.86. The lowest BCUT2D eigenvalue weighted by atomic mass is 10.1. The Morgan fingerprint density at radius 3 is 1.65 bits per heavy atom. The summed E-state index contributed by atoms with van der Waals surface area (Å²) < 4.78 is 46.5. The fraction of sp³-hybridized carbons (Fsp3) is 0.250. The molecule has 0 aliphatic rings. The van der Waals surface area contributed by atoms with Crippen molar-refractivity contribution in [3.05, 3.63) is 64.7 Å². The predicted molar refractivity (Wildman–Crippen MR) is 97.4 cm³/mol. The molecule has 2 aromatic rings. The van der Waals surface area contributed by atoms with E-state index in [-0.39, 0.29) is 4.90 Å². The van der Waals surface area contributed by atoms with Crippen molar-refractivity contribution in [2.75, 3.05) is 0 Å². The molecule has 2 rings (SSSR count). The van der Waals surface area contributed by atoms with Gasteiger partial charge in [-0.1, -0.05) is 53.6 Å². The molecule has 0 spiro atoms. The van der Waals surface area contributed by atoms with E-state index in [9.17, 15) is 8.42 Å². The summed E-state index contributed by atoms with van der Waals surface area (Å²) in [4.78, 5) is 0.158. The van der Waals surface area contributed by atoms with Gasteiger partial charge in [0.15, 0.2) is 0 Å². The molecule has 3 N–H and O–H groups in total. The van der Waals surface area contributed by atoms with E-state index >= 15 is 0 Å². The summed E-state index contributed by atoms with van der Waals surface area (Å²) in [5.41, 5.74) is 3.62. The number of nitrogens with zero attached hydrogens (tertiary/aromatic N) is 1. The predicted octanol–water partition coefficient (Wildman–Crippen LogP) is 2.62. The molecule has 2 aromatic carbocycles. The molecule has 0 fully saturated rings. The third-order valence-corrected chi connectivity index (χ3v) is 4.52. The summed E-state index contributed by atoms with van der Waals surface area (Å²) in [6, 6.07) is 13.8. The molecule has 0 saturated carbocycles. The third kappa shape index (κ3) is 8.83. The second-order valence-corrected chi connectivity index (χ2v) is 7.34. The lowest BCUT2D eigenvalue weighted by molar-refractivity contribution is 0.324. The fourth-order valence-corrected chi connectivity index (χ4v) is 3.15. The standard InChI is InChI=1S/C9H13NO3S.C7H8.HNO3S/c1-6-4-7(2)9(8(3)5-6)14(11,12)13-10;1-7-5-3-2-4-6-7;2-1-5(3)4/h4-5H,10H2,1-3H3;2-6H,1H3;2H. The summed E-state index contributed by atoms with van der Waals surface area (Å²) in [5, 5.41) is 7.16. The number of benzene rings is 2. The van der Waals surface area contributed by atoms with E-state index in [4.69, 9.17) is 19.5 Å². The van der Waals surface area contributed by atoms with Crippen molar-refractivity contribution in [2.45, 2.75) is 32.6 Å². The second-order valence-electron chi connectivity index (χ2n) is 5.23. The van der Waals surface area contributed by atoms with Crippen LogP contribution in [0.1, 0.15) is 22.3 Å². The molecule has 0 aromatic heterocycles. The van der Waals surface area contributed by atoms with Crippen LogP contribution < -0.4 is 5.90 Å². The van der Waals surface area contributed by atoms with Crippen LogP contribution in [0.25, 0.3) is 0 Å². The molecule has 0 bridgehead atoms. The van der Waals surface area contributed by atoms with Crippen LogP contribution >= 0.6 is 0 Å². The largest absolute Gasteiger partial charge is 0.338 e. The van der Waals surface area contributed by atoms with E-state index in [1.165, 1.54) is 5.56 Å². The average Bonchev–Trinajstić information content (AvgIpc) is 2.55. The van der Waals surface area contributed by atoms with Gasteiger partial charge in [-0.25, -0.2) is 0 Å². The van der Waals surface area contributed by atoms with Gasteiger partial charge in [0.2, 0.25) is 0 Å². The van der Waals surface area contributed by atoms with Crippen molar-refractivity contribution >= 4 is 20.6 Å². The van der Waals surface area contributed by atoms with Gasteiger partial charge < -0.3 is 0 Å². The third-order valence-electron chi connectivity index (χ3n) is 2.99. The van der Waals surface area contributed by atoms with Gasteiger partial charge in [0.25, 0.3) is 0 Å². The van der Waals surface area contributed by atoms with Gasteiger partial charge in [0.05, 0.1) is 0 Å². The molecule has 0 amide bonds. The zero-order valence-electron chi connectivity index (χ0n) is 14.9. The highest BCUT2D eigenvalue weighted by Gasteiger charge is 2.19. The zero-order valence-corrected chi connectivity index (χ0v) is 16.5. The summed E-state index contributed by atoms with van der Waals surface area (Å²) in [7, 11) is -6.44. The van der Waals surface area contributed by atoms with Crippen molar-refractivity contribution in [1.29, 1.82) is 0 Å². The van der Waals surface area contributed by atoms with Crippen LogP contribution in [0.2, 0.25) is 0 Å². The van der Waals surface area contributed by atoms with Gasteiger partial charge in [-0.15, -0.1) is 0 Å². The molecule has 0 aliphatic carbocycles. The second kappa shape index (κ2) is 11.5. The summed E-state index contributed by atoms with van der Waals surface area (Å²) in [6.07, 6.45) is 0. The van der Waals surface area contributed by atoms with Crippen molar-refractivity contribution < 1.29 is 26.3 Å². The first-order valence-electron chi connectivity index (χ1n) is 7.22. The maximum atomic E-state index is 11.4. The van der Waals surface area contributed by atoms with Crippen LogP contribution in [-0.4, -0.2) is 22.0 Å². The Balaban J connectivity index is 0.000000431. The lowest BCUT2D eigenvalue weighted by Crippen LogP contribution is -2.14. The molecular formula is C16H22N2O6S2. The molecule has 0 atom stereocenters. The van der Waals surface area contributed by atoms with Gasteiger partial charge in [-0.05, 0) is 43.3 Å². The molecule has 0 aliphatic heterocycles. The van der Waals surface area contributed by atoms with E-state index in [1.807, 2.05) is 25.1 Å². The Morgan fingerprint density at radius 2 is 1.38 bits per heavy atom. The van der Waals surface area contributed by atoms with Gasteiger partial charge >= 0.3 is 20.6 Å². The average molecular weight is 402 g/mol. The first kappa shape index (κ1) is 23.9. The molecule has 0 heterocycles. The van der Waals surface area contributed by atoms with Crippen LogP contribution in [0.3, 0.4) is 0 Å². The van der Waals surface area contributed by atoms with Crippen molar-refractivity contribution in [3.63, 3.8) is 0 Å². The number of rotatable bonds is 2. The number of hydrogen-bond donors (Lipinski definition) is 2. The maximum Gasteiger partial charge on any atom is 0.338 e. The SMILES string of the molecule is Cc1cc(C)c(S(=O)(=O)ON)c(C)c1.Cc1ccccc1.O=S(=O)=NO. The van der Waals surface area contributed by atoms with Crippen molar-refractivity contribution in [2.24, 2.45) is 10.4 Å². The topological polar surface area (TPSA) is 136 Å². The van der Waals surface area contributed by atoms with E-state index in [0.29, 0.717) is 11.1 Å². The minimum Gasteiger partial charge on any atom is -0.253 e. The van der Waals surface area contributed by atoms with Gasteiger partial charge in [-0.2, -0.15) is 27.0 Å². The van der Waals surface area contributed by atoms with Crippen LogP contribution in [0.4, 0.5) is 0 Å². The Bertz CT molecular complexity index is 909. The molecule has 8 nitrogen and oxygen atoms in total. The quantitative estimate of drug-likeness (QED) is 0.737. The molecule has 0 saturated heterocycles. The molecule has 0 unspecified atom stereocenters. The minimum absolute atomic E-state index is 0.158. The van der Waals surface area contributed by atoms with E-state index in [1.54, 1.807) is 30.5 Å². The summed E-state index contributed by atoms with van der Waals surface area (Å²) >= 11 is 0. The fourth-order valence-electron chi connectivity index (χ4n) is 2.14. The minimum atomic E-state index is -3.80. The molecule has 144 valence electrons. The molecule has 10 heteroatoms. The Labute approximate surface area is 155 Å². The lowest BCUT2D eigenvalue weighted by Gasteiger charge is -2.09. The Hall–Kier alpha value is -2.11. The first-order chi connectivity index (χ1) is 12.0. The van der Waals surface area contributed by atoms with Gasteiger partial charge in [-0.3, -0.25) is 5.21 Å². The van der Waals surface area contributed by atoms with Crippen molar-refractivity contribution in [1.82, 2.24) is 0 Å². The molecule has 0 radical (unpaired) electrons. The first-order valence-corrected chi connectivity index (χ1v) is 9.66. The normalized spacial score (nSPS) is 9.92. The van der Waals surface area contributed by atoms with E-state index in [0.717, 1.165) is 5.56 Å². The van der Waals surface area contributed by atoms with Crippen LogP contribution in [0.15, 0.2) is 51.9 Å². The van der Waals surface area contributed by atoms with Crippen molar-refractivity contribution in [3.8, 4) is 0 Å². The van der Waals surface area contributed by atoms with Gasteiger partial charge in [0.1, 0.15) is 4.90 Å². The number of hydrogen-bond acceptors (Lipinski definition) is 7. The monoisotopic (exact) mass is 402 g/mol. The smallest absolute Gasteiger partial charge is 0.253 e. The molecular weight excluding hydrogens is 380 g/mol. The van der Waals surface area contributed by atoms with Crippen LogP contribution in [0.5, 0.6) is 0 Å². The number of nitrogens with two attached hydrogens (primary N) is 1. The Kier molecular flexibility index (Phi) is 10.6. The van der Waals surface area contributed by atoms with E-state index in [2.05, 4.69) is 23.3 Å². The highest BCUT2D eigenvalue weighted by Crippen LogP contribution is 2.22. The highest BCUT2D eigenvalue weighted by atomic mass is 32.2. The van der Waals surface area contributed by atoms with Crippen LogP contribution in [-0.2, 0) is 24.9 Å². The molecule has 26 heavy (non-hydrogen) atoms.